The van der Waals surface area contributed by atoms with Crippen molar-refractivity contribution in [3.63, 3.8) is 0 Å². The Balaban J connectivity index is 0.000000216. The Morgan fingerprint density at radius 3 is 1.97 bits per heavy atom. The normalized spacial score (nSPS) is 35.5. The predicted octanol–water partition coefficient (Wildman–Crippen LogP) is 6.14. The molecule has 5 unspecified atom stereocenters. The summed E-state index contributed by atoms with van der Waals surface area (Å²) >= 11 is 3.47. The van der Waals surface area contributed by atoms with Crippen molar-refractivity contribution in [3.05, 3.63) is 0 Å². The molecule has 0 aromatic rings. The number of carbonyl (C=O) groups excluding carboxylic acids is 3. The van der Waals surface area contributed by atoms with Crippen LogP contribution in [0, 0.1) is 22.7 Å². The first-order valence-corrected chi connectivity index (χ1v) is 16.6. The summed E-state index contributed by atoms with van der Waals surface area (Å²) < 4.78 is 16.3. The summed E-state index contributed by atoms with van der Waals surface area (Å²) in [6, 6.07) is 0. The van der Waals surface area contributed by atoms with Crippen LogP contribution in [0.15, 0.2) is 0 Å². The van der Waals surface area contributed by atoms with Crippen molar-refractivity contribution in [2.75, 3.05) is 12.4 Å². The molecule has 0 aromatic heterocycles. The van der Waals surface area contributed by atoms with E-state index in [0.717, 1.165) is 37.9 Å². The second-order valence-electron chi connectivity index (χ2n) is 13.6. The van der Waals surface area contributed by atoms with Crippen LogP contribution in [0.5, 0.6) is 0 Å². The molecular weight excluding hydrogens is 536 g/mol. The molecule has 4 bridgehead atoms. The molecule has 4 aliphatic carbocycles. The van der Waals surface area contributed by atoms with Gasteiger partial charge in [-0.05, 0) is 84.5 Å². The molecule has 0 amide bonds. The molecule has 7 nitrogen and oxygen atoms in total. The van der Waals surface area contributed by atoms with E-state index in [2.05, 4.69) is 13.8 Å². The third kappa shape index (κ3) is 8.31. The molecular formula is C30H50O7S2. The van der Waals surface area contributed by atoms with Crippen LogP contribution in [0.4, 0.5) is 0 Å². The number of aliphatic hydroxyl groups is 1. The maximum Gasteiger partial charge on any atom is 0.345 e. The second-order valence-corrected chi connectivity index (χ2v) is 16.6. The van der Waals surface area contributed by atoms with E-state index < -0.39 is 22.4 Å². The zero-order valence-electron chi connectivity index (χ0n) is 25.2. The van der Waals surface area contributed by atoms with Gasteiger partial charge in [-0.15, -0.1) is 11.8 Å². The van der Waals surface area contributed by atoms with Gasteiger partial charge in [-0.25, -0.2) is 4.79 Å². The molecule has 1 saturated heterocycles. The fraction of sp³-hybridized carbons (Fsp3) is 0.900. The molecule has 5 rings (SSSR count). The largest absolute Gasteiger partial charge is 0.459 e. The molecule has 0 spiro atoms. The first kappa shape index (κ1) is 32.6. The molecule has 4 saturated carbocycles. The van der Waals surface area contributed by atoms with Crippen LogP contribution < -0.4 is 0 Å². The van der Waals surface area contributed by atoms with E-state index in [1.54, 1.807) is 37.4 Å². The van der Waals surface area contributed by atoms with E-state index in [4.69, 9.17) is 14.2 Å². The van der Waals surface area contributed by atoms with Gasteiger partial charge >= 0.3 is 17.9 Å². The van der Waals surface area contributed by atoms with Gasteiger partial charge in [0.25, 0.3) is 0 Å². The lowest BCUT2D eigenvalue weighted by molar-refractivity contribution is -0.225. The van der Waals surface area contributed by atoms with Gasteiger partial charge in [0, 0.05) is 22.7 Å². The van der Waals surface area contributed by atoms with Crippen molar-refractivity contribution in [1.82, 2.24) is 0 Å². The highest BCUT2D eigenvalue weighted by atomic mass is 32.2. The number of hydrogen-bond acceptors (Lipinski definition) is 9. The topological polar surface area (TPSA) is 99.1 Å². The standard InChI is InChI=1S/C16H26O3.C14H24O4S2/c1-4-14(2,3)13(17)19-16-8-11-5-12(9-16)7-15(18,6-11)10-16;1-6-14(4,5)13(16)17-7-11(15)18-12-8-19-9(2)10(3)20-12/h11-12,18H,4-10H2,1-3H3;9-10,12H,6-8H2,1-5H3. The lowest BCUT2D eigenvalue weighted by Gasteiger charge is -2.59. The molecule has 0 aromatic carbocycles. The van der Waals surface area contributed by atoms with Crippen LogP contribution >= 0.6 is 23.5 Å². The Morgan fingerprint density at radius 2 is 1.46 bits per heavy atom. The fourth-order valence-electron chi connectivity index (χ4n) is 6.19. The van der Waals surface area contributed by atoms with Gasteiger partial charge in [0.2, 0.25) is 0 Å². The van der Waals surface area contributed by atoms with Gasteiger partial charge in [-0.2, -0.15) is 11.8 Å². The summed E-state index contributed by atoms with van der Waals surface area (Å²) in [5, 5.41) is 11.7. The summed E-state index contributed by atoms with van der Waals surface area (Å²) in [4.78, 5) is 35.8. The Bertz CT molecular complexity index is 888. The zero-order chi connectivity index (χ0) is 29.2. The van der Waals surface area contributed by atoms with Gasteiger partial charge in [0.1, 0.15) is 5.60 Å². The van der Waals surface area contributed by atoms with Crippen LogP contribution in [0.1, 0.15) is 107 Å². The van der Waals surface area contributed by atoms with Crippen molar-refractivity contribution in [1.29, 1.82) is 0 Å². The van der Waals surface area contributed by atoms with Gasteiger partial charge in [-0.3, -0.25) is 9.59 Å². The maximum absolute atomic E-state index is 12.4. The highest BCUT2D eigenvalue weighted by Crippen LogP contribution is 2.59. The second kappa shape index (κ2) is 12.5. The van der Waals surface area contributed by atoms with E-state index in [1.165, 1.54) is 6.42 Å². The van der Waals surface area contributed by atoms with Crippen LogP contribution in [0.2, 0.25) is 0 Å². The van der Waals surface area contributed by atoms with Gasteiger partial charge in [0.05, 0.1) is 16.4 Å². The molecule has 5 aliphatic rings. The highest BCUT2D eigenvalue weighted by Gasteiger charge is 2.59. The minimum absolute atomic E-state index is 0.0828. The number of hydrogen-bond donors (Lipinski definition) is 1. The lowest BCUT2D eigenvalue weighted by atomic mass is 9.52. The lowest BCUT2D eigenvalue weighted by Crippen LogP contribution is -2.61. The fourth-order valence-corrected chi connectivity index (χ4v) is 8.83. The SMILES string of the molecule is CCC(C)(C)C(=O)OC12CC3CC(CC(O)(C3)C1)C2.CCC(C)(C)C(=O)OCC(=O)OC1CSC(C)C(C)S1. The third-order valence-corrected chi connectivity index (χ3v) is 12.5. The number of carbonyl (C=O) groups is 3. The van der Waals surface area contributed by atoms with Crippen molar-refractivity contribution in [2.24, 2.45) is 22.7 Å². The Labute approximate surface area is 243 Å². The van der Waals surface area contributed by atoms with E-state index in [0.29, 0.717) is 35.2 Å². The molecule has 39 heavy (non-hydrogen) atoms. The zero-order valence-corrected chi connectivity index (χ0v) is 26.8. The smallest absolute Gasteiger partial charge is 0.345 e. The first-order chi connectivity index (χ1) is 18.0. The average Bonchev–Trinajstić information content (AvgIpc) is 2.83. The third-order valence-electron chi connectivity index (χ3n) is 9.27. The summed E-state index contributed by atoms with van der Waals surface area (Å²) in [5.74, 6) is 0.999. The van der Waals surface area contributed by atoms with E-state index >= 15 is 0 Å². The number of rotatable bonds is 8. The minimum atomic E-state index is -0.556. The number of thioether (sulfide) groups is 2. The van der Waals surface area contributed by atoms with Crippen molar-refractivity contribution < 1.29 is 33.7 Å². The van der Waals surface area contributed by atoms with Crippen LogP contribution in [-0.4, -0.2) is 62.5 Å². The minimum Gasteiger partial charge on any atom is -0.459 e. The maximum atomic E-state index is 12.4. The molecule has 1 aliphatic heterocycles. The van der Waals surface area contributed by atoms with Crippen LogP contribution in [0.25, 0.3) is 0 Å². The molecule has 5 fully saturated rings. The van der Waals surface area contributed by atoms with Crippen LogP contribution in [-0.2, 0) is 28.6 Å². The quantitative estimate of drug-likeness (QED) is 0.265. The molecule has 9 heteroatoms. The van der Waals surface area contributed by atoms with Crippen LogP contribution in [0.3, 0.4) is 0 Å². The Kier molecular flexibility index (Phi) is 10.5. The van der Waals surface area contributed by atoms with Gasteiger partial charge in [0.15, 0.2) is 12.0 Å². The Morgan fingerprint density at radius 1 is 0.897 bits per heavy atom. The number of ether oxygens (including phenoxy) is 3. The molecule has 224 valence electrons. The molecule has 1 heterocycles. The number of esters is 3. The van der Waals surface area contributed by atoms with Crippen molar-refractivity contribution >= 4 is 41.4 Å². The van der Waals surface area contributed by atoms with Gasteiger partial charge < -0.3 is 19.3 Å². The molecule has 5 atom stereocenters. The van der Waals surface area contributed by atoms with Gasteiger partial charge in [-0.1, -0.05) is 27.7 Å². The summed E-state index contributed by atoms with van der Waals surface area (Å²) in [6.45, 7) is 15.4. The van der Waals surface area contributed by atoms with E-state index in [1.807, 2.05) is 27.7 Å². The monoisotopic (exact) mass is 586 g/mol. The van der Waals surface area contributed by atoms with E-state index in [9.17, 15) is 19.5 Å². The summed E-state index contributed by atoms with van der Waals surface area (Å²) in [5.41, 5.74) is -2.02. The summed E-state index contributed by atoms with van der Waals surface area (Å²) in [6.07, 6.45) is 7.12. The van der Waals surface area contributed by atoms with E-state index in [-0.39, 0.29) is 29.6 Å². The first-order valence-electron chi connectivity index (χ1n) is 14.6. The molecule has 1 N–H and O–H groups in total. The summed E-state index contributed by atoms with van der Waals surface area (Å²) in [7, 11) is 0. The average molecular weight is 587 g/mol. The molecule has 0 radical (unpaired) electrons. The predicted molar refractivity (Wildman–Crippen MR) is 156 cm³/mol. The van der Waals surface area contributed by atoms with Crippen molar-refractivity contribution in [2.45, 2.75) is 134 Å². The Hall–Kier alpha value is -0.930. The van der Waals surface area contributed by atoms with Crippen molar-refractivity contribution in [3.8, 4) is 0 Å². The highest BCUT2D eigenvalue weighted by molar-refractivity contribution is 8.07.